The van der Waals surface area contributed by atoms with Gasteiger partial charge >= 0.3 is 10.2 Å². The van der Waals surface area contributed by atoms with E-state index in [0.717, 1.165) is 49.1 Å². The van der Waals surface area contributed by atoms with Gasteiger partial charge in [-0.3, -0.25) is 0 Å². The van der Waals surface area contributed by atoms with Gasteiger partial charge in [-0.05, 0) is 41.9 Å². The largest absolute Gasteiger partial charge is 0.393 e. The van der Waals surface area contributed by atoms with Crippen molar-refractivity contribution in [3.05, 3.63) is 42.3 Å². The molecule has 222 valence electrons. The van der Waals surface area contributed by atoms with E-state index in [1.807, 2.05) is 6.20 Å². The van der Waals surface area contributed by atoms with Crippen LogP contribution >= 0.6 is 0 Å². The summed E-state index contributed by atoms with van der Waals surface area (Å²) in [5, 5.41) is 9.22. The number of allylic oxidation sites excluding steroid dienone is 2. The van der Waals surface area contributed by atoms with Gasteiger partial charge in [-0.15, -0.1) is 0 Å². The van der Waals surface area contributed by atoms with E-state index in [-0.39, 0.29) is 11.1 Å². The van der Waals surface area contributed by atoms with Crippen molar-refractivity contribution in [1.29, 1.82) is 0 Å². The fourth-order valence-electron chi connectivity index (χ4n) is 4.92. The van der Waals surface area contributed by atoms with E-state index in [1.165, 1.54) is 13.9 Å². The lowest BCUT2D eigenvalue weighted by atomic mass is 9.92. The highest BCUT2D eigenvalue weighted by Gasteiger charge is 2.44. The Labute approximate surface area is 239 Å². The average molecular weight is 592 g/mol. The predicted molar refractivity (Wildman–Crippen MR) is 160 cm³/mol. The number of ether oxygens (including phenoxy) is 2. The van der Waals surface area contributed by atoms with Gasteiger partial charge in [0.2, 0.25) is 0 Å². The number of aromatic nitrogens is 4. The number of hydrogen-bond acceptors (Lipinski definition) is 7. The predicted octanol–water partition coefficient (Wildman–Crippen LogP) is 3.90. The molecule has 5 rings (SSSR count). The van der Waals surface area contributed by atoms with Crippen molar-refractivity contribution in [2.45, 2.75) is 89.3 Å². The first-order valence-corrected chi connectivity index (χ1v) is 18.4. The zero-order chi connectivity index (χ0) is 29.3. The maximum absolute atomic E-state index is 13.0. The van der Waals surface area contributed by atoms with Crippen LogP contribution in [0.1, 0.15) is 70.7 Å². The molecule has 2 aliphatic carbocycles. The molecule has 0 amide bonds. The molecule has 0 saturated carbocycles. The Morgan fingerprint density at radius 2 is 1.85 bits per heavy atom. The minimum atomic E-state index is -3.65. The second-order valence-corrected chi connectivity index (χ2v) is 19.8. The van der Waals surface area contributed by atoms with Gasteiger partial charge in [0.1, 0.15) is 13.5 Å². The van der Waals surface area contributed by atoms with Gasteiger partial charge in [-0.25, -0.2) is 13.9 Å². The average Bonchev–Trinajstić information content (AvgIpc) is 3.67. The highest BCUT2D eigenvalue weighted by molar-refractivity contribution is 7.87. The van der Waals surface area contributed by atoms with Crippen molar-refractivity contribution >= 4 is 34.9 Å². The number of nitrogens with one attached hydrogen (secondary N) is 1. The van der Waals surface area contributed by atoms with Gasteiger partial charge in [0, 0.05) is 33.1 Å². The first-order valence-electron chi connectivity index (χ1n) is 14.0. The normalized spacial score (nSPS) is 21.7. The number of rotatable bonds is 5. The van der Waals surface area contributed by atoms with E-state index < -0.39 is 24.1 Å². The summed E-state index contributed by atoms with van der Waals surface area (Å²) in [4.78, 5) is 11.9. The lowest BCUT2D eigenvalue weighted by Crippen LogP contribution is -2.56. The Kier molecular flexibility index (Phi) is 8.99. The first kappa shape index (κ1) is 30.9. The fraction of sp³-hybridized carbons (Fsp3) is 0.643. The van der Waals surface area contributed by atoms with Crippen LogP contribution in [-0.4, -0.2) is 84.0 Å². The van der Waals surface area contributed by atoms with Crippen LogP contribution < -0.4 is 5.45 Å². The molecule has 1 fully saturated rings. The SMILES string of the molecule is CN(C)S(=O)(=O)n1cc(C2=CCC3(CC2)OCCO3)nc1[Si](C)(C)C(C)(C)C.OC1CC=C(c2cnc[nH]2)CC1. The van der Waals surface area contributed by atoms with Crippen LogP contribution in [0.25, 0.3) is 11.1 Å². The van der Waals surface area contributed by atoms with Gasteiger partial charge in [0.15, 0.2) is 5.79 Å². The van der Waals surface area contributed by atoms with E-state index in [4.69, 9.17) is 14.5 Å². The fourth-order valence-corrected chi connectivity index (χ4v) is 8.48. The highest BCUT2D eigenvalue weighted by atomic mass is 32.2. The molecule has 2 N–H and O–H groups in total. The summed E-state index contributed by atoms with van der Waals surface area (Å²) in [5.41, 5.74) is 4.87. The molecule has 2 aromatic rings. The quantitative estimate of drug-likeness (QED) is 0.506. The molecule has 0 radical (unpaired) electrons. The summed E-state index contributed by atoms with van der Waals surface area (Å²) < 4.78 is 40.3. The molecule has 0 aromatic carbocycles. The minimum Gasteiger partial charge on any atom is -0.393 e. The zero-order valence-corrected chi connectivity index (χ0v) is 26.7. The Bertz CT molecular complexity index is 1330. The standard InChI is InChI=1S/C19H33N3O4SSi.C9H12N2O/c1-18(2,3)28(6,7)17-20-16(14-22(17)27(23,24)21(4)5)15-8-10-19(11-9-15)25-12-13-26-19;12-8-3-1-7(2-4-8)9-5-10-6-11-9/h8,14H,9-13H2,1-7H3;1,5-6,8,12H,2-4H2,(H,10,11). The number of hydrogen-bond donors (Lipinski definition) is 2. The third-order valence-corrected chi connectivity index (χ3v) is 15.7. The molecule has 12 heteroatoms. The van der Waals surface area contributed by atoms with E-state index in [0.29, 0.717) is 25.1 Å². The van der Waals surface area contributed by atoms with Gasteiger partial charge in [0.25, 0.3) is 0 Å². The van der Waals surface area contributed by atoms with Crippen LogP contribution in [0, 0.1) is 0 Å². The summed E-state index contributed by atoms with van der Waals surface area (Å²) in [5.74, 6) is -0.496. The molecular weight excluding hydrogens is 546 g/mol. The molecule has 1 unspecified atom stereocenters. The molecule has 40 heavy (non-hydrogen) atoms. The number of imidazole rings is 2. The van der Waals surface area contributed by atoms with Gasteiger partial charge < -0.3 is 19.6 Å². The zero-order valence-electron chi connectivity index (χ0n) is 24.9. The van der Waals surface area contributed by atoms with Crippen LogP contribution in [0.15, 0.2) is 30.9 Å². The molecule has 1 spiro atoms. The van der Waals surface area contributed by atoms with Gasteiger partial charge in [-0.2, -0.15) is 12.7 Å². The summed E-state index contributed by atoms with van der Waals surface area (Å²) in [7, 11) is -2.72. The van der Waals surface area contributed by atoms with Gasteiger partial charge in [0.05, 0.1) is 43.2 Å². The highest BCUT2D eigenvalue weighted by Crippen LogP contribution is 2.39. The van der Waals surface area contributed by atoms with Crippen LogP contribution in [0.3, 0.4) is 0 Å². The van der Waals surface area contributed by atoms with Crippen LogP contribution in [0.2, 0.25) is 18.1 Å². The molecule has 0 bridgehead atoms. The number of H-pyrrole nitrogens is 1. The second-order valence-electron chi connectivity index (χ2n) is 12.6. The first-order chi connectivity index (χ1) is 18.7. The Morgan fingerprint density at radius 3 is 2.35 bits per heavy atom. The van der Waals surface area contributed by atoms with E-state index in [9.17, 15) is 13.5 Å². The Morgan fingerprint density at radius 1 is 1.15 bits per heavy atom. The third-order valence-electron chi connectivity index (χ3n) is 8.62. The minimum absolute atomic E-state index is 0.0360. The lowest BCUT2D eigenvalue weighted by Gasteiger charge is -2.36. The number of nitrogens with zero attached hydrogens (tertiary/aromatic N) is 4. The van der Waals surface area contributed by atoms with E-state index >= 15 is 0 Å². The van der Waals surface area contributed by atoms with Crippen molar-refractivity contribution in [1.82, 2.24) is 23.2 Å². The molecule has 1 aliphatic heterocycles. The second kappa shape index (κ2) is 11.7. The van der Waals surface area contributed by atoms with Crippen LogP contribution in [0.4, 0.5) is 0 Å². The molecule has 1 atom stereocenters. The number of aliphatic hydroxyl groups is 1. The Balaban J connectivity index is 0.000000255. The van der Waals surface area contributed by atoms with Crippen molar-refractivity contribution in [2.75, 3.05) is 27.3 Å². The molecule has 3 heterocycles. The van der Waals surface area contributed by atoms with Gasteiger partial charge in [-0.1, -0.05) is 46.0 Å². The summed E-state index contributed by atoms with van der Waals surface area (Å²) in [6.07, 6.45) is 14.0. The maximum Gasteiger partial charge on any atom is 0.308 e. The lowest BCUT2D eigenvalue weighted by molar-refractivity contribution is -0.159. The van der Waals surface area contributed by atoms with E-state index in [2.05, 4.69) is 56.0 Å². The van der Waals surface area contributed by atoms with Crippen molar-refractivity contribution < 1.29 is 23.0 Å². The monoisotopic (exact) mass is 591 g/mol. The summed E-state index contributed by atoms with van der Waals surface area (Å²) >= 11 is 0. The molecule has 3 aliphatic rings. The van der Waals surface area contributed by atoms with Crippen molar-refractivity contribution in [2.24, 2.45) is 0 Å². The maximum atomic E-state index is 13.0. The molecule has 10 nitrogen and oxygen atoms in total. The van der Waals surface area contributed by atoms with Crippen LogP contribution in [-0.2, 0) is 19.7 Å². The molecule has 1 saturated heterocycles. The summed E-state index contributed by atoms with van der Waals surface area (Å²) in [6.45, 7) is 12.1. The molecule has 2 aromatic heterocycles. The van der Waals surface area contributed by atoms with Crippen LogP contribution in [0.5, 0.6) is 0 Å². The van der Waals surface area contributed by atoms with Crippen molar-refractivity contribution in [3.63, 3.8) is 0 Å². The topological polar surface area (TPSA) is 123 Å². The summed E-state index contributed by atoms with van der Waals surface area (Å²) in [6, 6.07) is 0. The third kappa shape index (κ3) is 6.37. The Hall–Kier alpha value is -2.09. The number of aliphatic hydroxyl groups excluding tert-OH is 1. The molecular formula is C28H45N5O5SSi. The van der Waals surface area contributed by atoms with Crippen molar-refractivity contribution in [3.8, 4) is 0 Å². The van der Waals surface area contributed by atoms with E-state index in [1.54, 1.807) is 26.6 Å². The number of aromatic amines is 1. The smallest absolute Gasteiger partial charge is 0.308 e.